The van der Waals surface area contributed by atoms with Crippen LogP contribution in [-0.2, 0) is 14.9 Å². The molecule has 0 radical (unpaired) electrons. The van der Waals surface area contributed by atoms with Crippen molar-refractivity contribution in [2.45, 2.75) is 52.1 Å². The van der Waals surface area contributed by atoms with Crippen molar-refractivity contribution in [1.82, 2.24) is 9.36 Å². The summed E-state index contributed by atoms with van der Waals surface area (Å²) in [6.07, 6.45) is 1.79. The van der Waals surface area contributed by atoms with Crippen LogP contribution in [0.3, 0.4) is 0 Å². The monoisotopic (exact) mass is 283 g/mol. The lowest BCUT2D eigenvalue weighted by molar-refractivity contribution is -0.147. The second kappa shape index (κ2) is 5.45. The van der Waals surface area contributed by atoms with E-state index in [0.29, 0.717) is 0 Å². The minimum Gasteiger partial charge on any atom is -0.462 e. The van der Waals surface area contributed by atoms with Crippen LogP contribution in [0.2, 0.25) is 0 Å². The van der Waals surface area contributed by atoms with E-state index in [1.807, 2.05) is 0 Å². The third-order valence-electron chi connectivity index (χ3n) is 3.13. The molecule has 5 nitrogen and oxygen atoms in total. The van der Waals surface area contributed by atoms with Crippen LogP contribution in [0.1, 0.15) is 46.4 Å². The first-order valence-corrected chi connectivity index (χ1v) is 7.40. The Morgan fingerprint density at radius 3 is 2.47 bits per heavy atom. The van der Waals surface area contributed by atoms with E-state index in [1.54, 1.807) is 0 Å². The van der Waals surface area contributed by atoms with Gasteiger partial charge in [0.15, 0.2) is 0 Å². The molecule has 1 aliphatic heterocycles. The van der Waals surface area contributed by atoms with Crippen LogP contribution in [0.25, 0.3) is 0 Å². The van der Waals surface area contributed by atoms with Gasteiger partial charge in [-0.25, -0.2) is 4.98 Å². The number of carbonyl (C=O) groups is 1. The average Bonchev–Trinajstić information content (AvgIpc) is 2.78. The third kappa shape index (κ3) is 3.65. The maximum absolute atomic E-state index is 10.9. The Kier molecular flexibility index (Phi) is 4.08. The molecule has 0 atom stereocenters. The number of ether oxygens (including phenoxy) is 1. The summed E-state index contributed by atoms with van der Waals surface area (Å²) in [5.41, 5.74) is -0.00911. The maximum Gasteiger partial charge on any atom is 0.302 e. The average molecular weight is 283 g/mol. The number of carbonyl (C=O) groups excluding carboxylic acids is 1. The summed E-state index contributed by atoms with van der Waals surface area (Å²) in [6, 6.07) is 0. The molecule has 106 valence electrons. The van der Waals surface area contributed by atoms with Gasteiger partial charge in [-0.3, -0.25) is 4.79 Å². The molecule has 2 rings (SSSR count). The first-order chi connectivity index (χ1) is 8.86. The number of hydrogen-bond donors (Lipinski definition) is 0. The van der Waals surface area contributed by atoms with Crippen LogP contribution in [-0.4, -0.2) is 34.5 Å². The van der Waals surface area contributed by atoms with Crippen LogP contribution in [0.5, 0.6) is 0 Å². The highest BCUT2D eigenvalue weighted by Crippen LogP contribution is 2.27. The van der Waals surface area contributed by atoms with Crippen LogP contribution in [0, 0.1) is 0 Å². The second-order valence-corrected chi connectivity index (χ2v) is 6.68. The summed E-state index contributed by atoms with van der Waals surface area (Å²) in [5.74, 6) is 0.707. The molecule has 1 aromatic rings. The van der Waals surface area contributed by atoms with Gasteiger partial charge in [-0.2, -0.15) is 4.37 Å². The highest BCUT2D eigenvalue weighted by molar-refractivity contribution is 7.09. The Labute approximate surface area is 118 Å². The van der Waals surface area contributed by atoms with E-state index >= 15 is 0 Å². The lowest BCUT2D eigenvalue weighted by Crippen LogP contribution is -2.37. The number of anilines is 1. The molecule has 1 fully saturated rings. The fourth-order valence-electron chi connectivity index (χ4n) is 2.05. The van der Waals surface area contributed by atoms with Gasteiger partial charge in [0.2, 0.25) is 5.13 Å². The molecule has 1 saturated heterocycles. The molecular formula is C13H21N3O2S. The van der Waals surface area contributed by atoms with Gasteiger partial charge in [-0.1, -0.05) is 20.8 Å². The molecule has 0 aliphatic carbocycles. The SMILES string of the molecule is CC(=O)OC1CCN(c2nc(C(C)(C)C)ns2)CC1. The lowest BCUT2D eigenvalue weighted by atomic mass is 9.96. The topological polar surface area (TPSA) is 55.3 Å². The molecule has 19 heavy (non-hydrogen) atoms. The minimum absolute atomic E-state index is 0.00911. The molecule has 0 unspecified atom stereocenters. The molecule has 0 aromatic carbocycles. The van der Waals surface area contributed by atoms with Gasteiger partial charge in [-0.05, 0) is 0 Å². The first kappa shape index (κ1) is 14.2. The number of piperidine rings is 1. The largest absolute Gasteiger partial charge is 0.462 e. The van der Waals surface area contributed by atoms with Crippen molar-refractivity contribution < 1.29 is 9.53 Å². The molecule has 0 amide bonds. The van der Waals surface area contributed by atoms with Crippen molar-refractivity contribution in [3.63, 3.8) is 0 Å². The van der Waals surface area contributed by atoms with E-state index in [-0.39, 0.29) is 17.5 Å². The summed E-state index contributed by atoms with van der Waals surface area (Å²) >= 11 is 1.46. The highest BCUT2D eigenvalue weighted by atomic mass is 32.1. The fraction of sp³-hybridized carbons (Fsp3) is 0.769. The van der Waals surface area contributed by atoms with Gasteiger partial charge in [0.05, 0.1) is 0 Å². The standard InChI is InChI=1S/C13H21N3O2S/c1-9(17)18-10-5-7-16(8-6-10)12-14-11(15-19-12)13(2,3)4/h10H,5-8H2,1-4H3. The van der Waals surface area contributed by atoms with Gasteiger partial charge in [-0.15, -0.1) is 0 Å². The number of hydrogen-bond acceptors (Lipinski definition) is 6. The zero-order chi connectivity index (χ0) is 14.0. The lowest BCUT2D eigenvalue weighted by Gasteiger charge is -2.30. The van der Waals surface area contributed by atoms with E-state index in [4.69, 9.17) is 4.74 Å². The molecule has 1 aromatic heterocycles. The second-order valence-electron chi connectivity index (χ2n) is 5.95. The summed E-state index contributed by atoms with van der Waals surface area (Å²) in [5, 5.41) is 0.978. The predicted molar refractivity (Wildman–Crippen MR) is 75.6 cm³/mol. The van der Waals surface area contributed by atoms with Gasteiger partial charge in [0.1, 0.15) is 11.9 Å². The normalized spacial score (nSPS) is 17.6. The molecule has 0 saturated carbocycles. The molecule has 0 spiro atoms. The van der Waals surface area contributed by atoms with E-state index in [2.05, 4.69) is 35.0 Å². The Balaban J connectivity index is 1.94. The summed E-state index contributed by atoms with van der Waals surface area (Å²) in [7, 11) is 0. The van der Waals surface area contributed by atoms with E-state index in [1.165, 1.54) is 18.5 Å². The third-order valence-corrected chi connectivity index (χ3v) is 3.91. The molecule has 2 heterocycles. The molecule has 1 aliphatic rings. The van der Waals surface area contributed by atoms with Crippen molar-refractivity contribution in [3.8, 4) is 0 Å². The number of rotatable bonds is 2. The van der Waals surface area contributed by atoms with E-state index < -0.39 is 0 Å². The van der Waals surface area contributed by atoms with Crippen LogP contribution in [0.15, 0.2) is 0 Å². The van der Waals surface area contributed by atoms with E-state index in [9.17, 15) is 4.79 Å². The predicted octanol–water partition coefficient (Wildman–Crippen LogP) is 2.37. The quantitative estimate of drug-likeness (QED) is 0.780. The smallest absolute Gasteiger partial charge is 0.302 e. The Morgan fingerprint density at radius 1 is 1.37 bits per heavy atom. The van der Waals surface area contributed by atoms with Crippen molar-refractivity contribution in [2.24, 2.45) is 0 Å². The molecule has 6 heteroatoms. The van der Waals surface area contributed by atoms with Crippen LogP contribution < -0.4 is 4.90 Å². The first-order valence-electron chi connectivity index (χ1n) is 6.62. The highest BCUT2D eigenvalue weighted by Gasteiger charge is 2.25. The summed E-state index contributed by atoms with van der Waals surface area (Å²) in [6.45, 7) is 9.56. The molecular weight excluding hydrogens is 262 g/mol. The Bertz CT molecular complexity index is 445. The Morgan fingerprint density at radius 2 is 2.00 bits per heavy atom. The molecule has 0 N–H and O–H groups in total. The van der Waals surface area contributed by atoms with E-state index in [0.717, 1.165) is 36.9 Å². The van der Waals surface area contributed by atoms with Crippen molar-refractivity contribution in [2.75, 3.05) is 18.0 Å². The van der Waals surface area contributed by atoms with Gasteiger partial charge >= 0.3 is 5.97 Å². The molecule has 0 bridgehead atoms. The Hall–Kier alpha value is -1.17. The van der Waals surface area contributed by atoms with Crippen molar-refractivity contribution in [3.05, 3.63) is 5.82 Å². The number of nitrogens with zero attached hydrogens (tertiary/aromatic N) is 3. The maximum atomic E-state index is 10.9. The van der Waals surface area contributed by atoms with Crippen LogP contribution in [0.4, 0.5) is 5.13 Å². The van der Waals surface area contributed by atoms with Gasteiger partial charge < -0.3 is 9.64 Å². The minimum atomic E-state index is -0.190. The fourth-order valence-corrected chi connectivity index (χ4v) is 2.96. The zero-order valence-corrected chi connectivity index (χ0v) is 12.8. The van der Waals surface area contributed by atoms with Gasteiger partial charge in [0.25, 0.3) is 0 Å². The number of aromatic nitrogens is 2. The summed E-state index contributed by atoms with van der Waals surface area (Å²) in [4.78, 5) is 17.8. The zero-order valence-electron chi connectivity index (χ0n) is 12.0. The van der Waals surface area contributed by atoms with Crippen molar-refractivity contribution >= 4 is 22.6 Å². The number of esters is 1. The van der Waals surface area contributed by atoms with Crippen LogP contribution >= 0.6 is 11.5 Å². The summed E-state index contributed by atoms with van der Waals surface area (Å²) < 4.78 is 9.67. The van der Waals surface area contributed by atoms with Crippen molar-refractivity contribution in [1.29, 1.82) is 0 Å². The van der Waals surface area contributed by atoms with Gasteiger partial charge in [0, 0.05) is 49.8 Å².